The molecule has 0 saturated heterocycles. The number of fused-ring (bicyclic) bond motifs is 1. The SMILES string of the molecule is CC(C)(C)OCNCCC(=O)Nc1ncnc2nc[nH]c12. The lowest BCUT2D eigenvalue weighted by Crippen LogP contribution is -2.29. The van der Waals surface area contributed by atoms with E-state index < -0.39 is 0 Å². The normalized spacial score (nSPS) is 11.8. The molecule has 0 spiro atoms. The number of H-pyrrole nitrogens is 1. The van der Waals surface area contributed by atoms with Gasteiger partial charge in [-0.1, -0.05) is 0 Å². The summed E-state index contributed by atoms with van der Waals surface area (Å²) in [6.07, 6.45) is 3.21. The third-order valence-electron chi connectivity index (χ3n) is 2.62. The zero-order valence-electron chi connectivity index (χ0n) is 12.4. The number of nitrogens with one attached hydrogen (secondary N) is 3. The summed E-state index contributed by atoms with van der Waals surface area (Å²) in [5, 5.41) is 5.79. The maximum atomic E-state index is 11.9. The lowest BCUT2D eigenvalue weighted by Gasteiger charge is -2.19. The molecule has 1 amide bonds. The first-order valence-corrected chi connectivity index (χ1v) is 6.74. The number of hydrogen-bond donors (Lipinski definition) is 3. The van der Waals surface area contributed by atoms with Crippen molar-refractivity contribution < 1.29 is 9.53 Å². The highest BCUT2D eigenvalue weighted by Gasteiger charge is 2.10. The molecule has 0 aliphatic carbocycles. The number of hydrogen-bond acceptors (Lipinski definition) is 6. The maximum absolute atomic E-state index is 11.9. The summed E-state index contributed by atoms with van der Waals surface area (Å²) < 4.78 is 5.50. The average Bonchev–Trinajstić information content (AvgIpc) is 2.86. The third kappa shape index (κ3) is 4.76. The number of anilines is 1. The summed E-state index contributed by atoms with van der Waals surface area (Å²) in [4.78, 5) is 26.8. The lowest BCUT2D eigenvalue weighted by molar-refractivity contribution is -0.116. The van der Waals surface area contributed by atoms with Crippen LogP contribution in [-0.4, -0.2) is 44.7 Å². The Morgan fingerprint density at radius 2 is 2.14 bits per heavy atom. The van der Waals surface area contributed by atoms with Gasteiger partial charge in [0.2, 0.25) is 5.91 Å². The minimum Gasteiger partial charge on any atom is -0.361 e. The van der Waals surface area contributed by atoms with Crippen LogP contribution >= 0.6 is 0 Å². The molecule has 2 aromatic heterocycles. The fourth-order valence-corrected chi connectivity index (χ4v) is 1.60. The van der Waals surface area contributed by atoms with Crippen molar-refractivity contribution in [2.45, 2.75) is 32.8 Å². The molecule has 8 nitrogen and oxygen atoms in total. The molecule has 2 aromatic rings. The number of amides is 1. The van der Waals surface area contributed by atoms with Crippen molar-refractivity contribution >= 4 is 22.9 Å². The van der Waals surface area contributed by atoms with Gasteiger partial charge in [-0.05, 0) is 20.8 Å². The first-order valence-electron chi connectivity index (χ1n) is 6.74. The molecule has 3 N–H and O–H groups in total. The molecule has 0 saturated carbocycles. The van der Waals surface area contributed by atoms with E-state index in [0.717, 1.165) is 0 Å². The maximum Gasteiger partial charge on any atom is 0.226 e. The summed E-state index contributed by atoms with van der Waals surface area (Å²) in [5.41, 5.74) is 0.953. The largest absolute Gasteiger partial charge is 0.361 e. The van der Waals surface area contributed by atoms with Crippen molar-refractivity contribution in [3.8, 4) is 0 Å². The van der Waals surface area contributed by atoms with Crippen LogP contribution in [0.1, 0.15) is 27.2 Å². The predicted molar refractivity (Wildman–Crippen MR) is 78.6 cm³/mol. The van der Waals surface area contributed by atoms with Crippen LogP contribution in [0.25, 0.3) is 11.2 Å². The molecule has 0 aromatic carbocycles. The molecular formula is C13H20N6O2. The molecule has 0 unspecified atom stereocenters. The molecule has 0 aliphatic rings. The molecular weight excluding hydrogens is 272 g/mol. The second-order valence-electron chi connectivity index (χ2n) is 5.52. The first-order chi connectivity index (χ1) is 9.96. The standard InChI is InChI=1S/C13H20N6O2/c1-13(2,3)21-8-14-5-4-9(20)19-12-10-11(16-6-15-10)17-7-18-12/h6-7,14H,4-5,8H2,1-3H3,(H2,15,16,17,18,19,20). The van der Waals surface area contributed by atoms with Crippen LogP contribution in [0.15, 0.2) is 12.7 Å². The van der Waals surface area contributed by atoms with Crippen LogP contribution in [0.4, 0.5) is 5.82 Å². The Kier molecular flexibility index (Phi) is 4.81. The number of aromatic nitrogens is 4. The predicted octanol–water partition coefficient (Wildman–Crippen LogP) is 1.04. The van der Waals surface area contributed by atoms with E-state index in [1.54, 1.807) is 0 Å². The second kappa shape index (κ2) is 6.59. The number of rotatable bonds is 6. The van der Waals surface area contributed by atoms with Gasteiger partial charge in [0.1, 0.15) is 11.8 Å². The van der Waals surface area contributed by atoms with E-state index in [-0.39, 0.29) is 11.5 Å². The fraction of sp³-hybridized carbons (Fsp3) is 0.538. The molecule has 8 heteroatoms. The molecule has 21 heavy (non-hydrogen) atoms. The van der Waals surface area contributed by atoms with E-state index in [0.29, 0.717) is 36.7 Å². The van der Waals surface area contributed by atoms with Crippen molar-refractivity contribution in [2.24, 2.45) is 0 Å². The minimum absolute atomic E-state index is 0.132. The van der Waals surface area contributed by atoms with Crippen molar-refractivity contribution in [1.29, 1.82) is 0 Å². The van der Waals surface area contributed by atoms with Gasteiger partial charge in [-0.25, -0.2) is 15.0 Å². The second-order valence-corrected chi connectivity index (χ2v) is 5.52. The number of carbonyl (C=O) groups is 1. The molecule has 0 aliphatic heterocycles. The van der Waals surface area contributed by atoms with E-state index in [1.165, 1.54) is 12.7 Å². The van der Waals surface area contributed by atoms with Crippen molar-refractivity contribution in [1.82, 2.24) is 25.3 Å². The molecule has 2 heterocycles. The smallest absolute Gasteiger partial charge is 0.226 e. The Balaban J connectivity index is 1.76. The van der Waals surface area contributed by atoms with E-state index in [2.05, 4.69) is 30.6 Å². The van der Waals surface area contributed by atoms with Crippen LogP contribution in [0, 0.1) is 0 Å². The number of aromatic amines is 1. The van der Waals surface area contributed by atoms with Crippen LogP contribution in [0.2, 0.25) is 0 Å². The van der Waals surface area contributed by atoms with Gasteiger partial charge in [0.05, 0.1) is 18.7 Å². The Morgan fingerprint density at radius 3 is 2.90 bits per heavy atom. The molecule has 2 rings (SSSR count). The Morgan fingerprint density at radius 1 is 1.33 bits per heavy atom. The van der Waals surface area contributed by atoms with Crippen LogP contribution < -0.4 is 10.6 Å². The van der Waals surface area contributed by atoms with E-state index in [9.17, 15) is 4.79 Å². The van der Waals surface area contributed by atoms with Crippen molar-refractivity contribution in [3.05, 3.63) is 12.7 Å². The quantitative estimate of drug-likeness (QED) is 0.543. The van der Waals surface area contributed by atoms with Gasteiger partial charge in [0.15, 0.2) is 11.5 Å². The van der Waals surface area contributed by atoms with Crippen LogP contribution in [-0.2, 0) is 9.53 Å². The summed E-state index contributed by atoms with van der Waals surface area (Å²) in [5.74, 6) is 0.307. The highest BCUT2D eigenvalue weighted by Crippen LogP contribution is 2.14. The van der Waals surface area contributed by atoms with Gasteiger partial charge in [0, 0.05) is 13.0 Å². The Labute approximate surface area is 122 Å². The topological polar surface area (TPSA) is 105 Å². The van der Waals surface area contributed by atoms with Gasteiger partial charge in [-0.3, -0.25) is 10.1 Å². The lowest BCUT2D eigenvalue weighted by atomic mass is 10.2. The highest BCUT2D eigenvalue weighted by molar-refractivity contribution is 5.96. The van der Waals surface area contributed by atoms with Gasteiger partial charge in [0.25, 0.3) is 0 Å². The first kappa shape index (κ1) is 15.3. The fourth-order valence-electron chi connectivity index (χ4n) is 1.60. The van der Waals surface area contributed by atoms with Gasteiger partial charge < -0.3 is 15.0 Å². The Hall–Kier alpha value is -2.06. The summed E-state index contributed by atoms with van der Waals surface area (Å²) in [6.45, 7) is 6.87. The highest BCUT2D eigenvalue weighted by atomic mass is 16.5. The zero-order valence-corrected chi connectivity index (χ0v) is 12.4. The molecule has 0 radical (unpaired) electrons. The molecule has 0 bridgehead atoms. The number of imidazole rings is 1. The minimum atomic E-state index is -0.192. The monoisotopic (exact) mass is 292 g/mol. The van der Waals surface area contributed by atoms with Crippen molar-refractivity contribution in [2.75, 3.05) is 18.6 Å². The summed E-state index contributed by atoms with van der Waals surface area (Å²) in [6, 6.07) is 0. The van der Waals surface area contributed by atoms with Crippen LogP contribution in [0.3, 0.4) is 0 Å². The van der Waals surface area contributed by atoms with E-state index >= 15 is 0 Å². The molecule has 0 atom stereocenters. The average molecular weight is 292 g/mol. The molecule has 0 fully saturated rings. The Bertz CT molecular complexity index is 604. The van der Waals surface area contributed by atoms with Gasteiger partial charge in [-0.15, -0.1) is 0 Å². The zero-order chi connectivity index (χ0) is 15.3. The number of ether oxygens (including phenoxy) is 1. The summed E-state index contributed by atoms with van der Waals surface area (Å²) in [7, 11) is 0. The van der Waals surface area contributed by atoms with Gasteiger partial charge >= 0.3 is 0 Å². The third-order valence-corrected chi connectivity index (χ3v) is 2.62. The number of carbonyl (C=O) groups excluding carboxylic acids is 1. The number of nitrogens with zero attached hydrogens (tertiary/aromatic N) is 3. The molecule has 114 valence electrons. The van der Waals surface area contributed by atoms with Gasteiger partial charge in [-0.2, -0.15) is 0 Å². The van der Waals surface area contributed by atoms with Crippen LogP contribution in [0.5, 0.6) is 0 Å². The summed E-state index contributed by atoms with van der Waals surface area (Å²) >= 11 is 0. The van der Waals surface area contributed by atoms with Crippen molar-refractivity contribution in [3.63, 3.8) is 0 Å². The van der Waals surface area contributed by atoms with E-state index in [1.807, 2.05) is 20.8 Å². The van der Waals surface area contributed by atoms with E-state index in [4.69, 9.17) is 4.74 Å².